The molecule has 0 spiro atoms. The fraction of sp³-hybridized carbons (Fsp3) is 0.933. The van der Waals surface area contributed by atoms with Crippen molar-refractivity contribution in [3.05, 3.63) is 11.6 Å². The maximum absolute atomic E-state index is 10.9. The van der Waals surface area contributed by atoms with Gasteiger partial charge in [0.2, 0.25) is 0 Å². The lowest BCUT2D eigenvalue weighted by atomic mass is 9.41. The van der Waals surface area contributed by atoms with E-state index in [4.69, 9.17) is 4.74 Å². The molecule has 0 bridgehead atoms. The Bertz CT molecular complexity index is 841. The predicted octanol–water partition coefficient (Wildman–Crippen LogP) is 5.49. The van der Waals surface area contributed by atoms with E-state index in [0.29, 0.717) is 30.3 Å². The third kappa shape index (κ3) is 3.30. The fourth-order valence-electron chi connectivity index (χ4n) is 10.3. The molecule has 1 heterocycles. The third-order valence-electron chi connectivity index (χ3n) is 12.5. The van der Waals surface area contributed by atoms with E-state index in [1.54, 1.807) is 19.4 Å². The van der Waals surface area contributed by atoms with E-state index in [-0.39, 0.29) is 27.8 Å². The summed E-state index contributed by atoms with van der Waals surface area (Å²) in [4.78, 5) is 0. The summed E-state index contributed by atoms with van der Waals surface area (Å²) < 4.78 is 6.13. The van der Waals surface area contributed by atoms with Crippen LogP contribution in [0.25, 0.3) is 0 Å². The van der Waals surface area contributed by atoms with Crippen LogP contribution in [0.15, 0.2) is 11.6 Å². The summed E-state index contributed by atoms with van der Waals surface area (Å²) in [6.45, 7) is 16.4. The van der Waals surface area contributed by atoms with Crippen LogP contribution in [0.3, 0.4) is 0 Å². The molecule has 0 aromatic heterocycles. The minimum absolute atomic E-state index is 0.0263. The minimum Gasteiger partial charge on any atom is -0.393 e. The number of ether oxygens (including phenoxy) is 1. The van der Waals surface area contributed by atoms with Crippen molar-refractivity contribution in [1.29, 1.82) is 0 Å². The average molecular weight is 475 g/mol. The molecule has 4 aliphatic carbocycles. The number of fused-ring (bicyclic) bond motifs is 5. The number of hydrogen-bond donors (Lipinski definition) is 3. The van der Waals surface area contributed by atoms with Crippen LogP contribution in [0.2, 0.25) is 0 Å². The zero-order valence-electron chi connectivity index (χ0n) is 22.7. The monoisotopic (exact) mass is 474 g/mol. The van der Waals surface area contributed by atoms with Crippen LogP contribution in [0, 0.1) is 45.3 Å². The van der Waals surface area contributed by atoms with Crippen molar-refractivity contribution in [2.45, 2.75) is 124 Å². The average Bonchev–Trinajstić information content (AvgIpc) is 3.02. The standard InChI is InChI=1S/C30H50O4/c1-26(2)23-9-8-21-20(28(23,5)13-12-24(26)32)11-15-29(6)19(10-14-30(21,29)7)18-16-22(31)25(34-17-18)27(3,4)33/h8,18-20,22-25,31-33H,9-17H2,1-7H3/t18-,19+,20-,22-,23+,24-,25-,28-,29+,30-/m1/s1. The highest BCUT2D eigenvalue weighted by atomic mass is 16.5. The summed E-state index contributed by atoms with van der Waals surface area (Å²) >= 11 is 0. The Morgan fingerprint density at radius 1 is 0.971 bits per heavy atom. The van der Waals surface area contributed by atoms with Gasteiger partial charge in [-0.1, -0.05) is 46.3 Å². The van der Waals surface area contributed by atoms with Crippen molar-refractivity contribution >= 4 is 0 Å². The first-order chi connectivity index (χ1) is 15.7. The first-order valence-electron chi connectivity index (χ1n) is 14.1. The lowest BCUT2D eigenvalue weighted by Crippen LogP contribution is -2.58. The van der Waals surface area contributed by atoms with Crippen molar-refractivity contribution in [1.82, 2.24) is 0 Å². The van der Waals surface area contributed by atoms with Crippen molar-refractivity contribution in [3.8, 4) is 0 Å². The molecular formula is C30H50O4. The van der Waals surface area contributed by atoms with Gasteiger partial charge in [0.05, 0.1) is 24.4 Å². The maximum atomic E-state index is 10.9. The van der Waals surface area contributed by atoms with Gasteiger partial charge in [-0.05, 0) is 111 Å². The highest BCUT2D eigenvalue weighted by Gasteiger charge is 2.65. The Morgan fingerprint density at radius 2 is 1.68 bits per heavy atom. The highest BCUT2D eigenvalue weighted by molar-refractivity contribution is 5.33. The largest absolute Gasteiger partial charge is 0.393 e. The van der Waals surface area contributed by atoms with E-state index in [9.17, 15) is 15.3 Å². The molecule has 34 heavy (non-hydrogen) atoms. The molecular weight excluding hydrogens is 424 g/mol. The van der Waals surface area contributed by atoms with Gasteiger partial charge in [-0.15, -0.1) is 0 Å². The Kier molecular flexibility index (Phi) is 5.78. The number of aliphatic hydroxyl groups is 3. The first kappa shape index (κ1) is 25.2. The lowest BCUT2D eigenvalue weighted by Gasteiger charge is -2.64. The molecule has 5 rings (SSSR count). The molecule has 1 saturated heterocycles. The number of aliphatic hydroxyl groups excluding tert-OH is 2. The van der Waals surface area contributed by atoms with Gasteiger partial charge in [-0.25, -0.2) is 0 Å². The molecule has 10 atom stereocenters. The third-order valence-corrected chi connectivity index (χ3v) is 12.5. The zero-order chi connectivity index (χ0) is 24.9. The van der Waals surface area contributed by atoms with E-state index in [0.717, 1.165) is 25.7 Å². The van der Waals surface area contributed by atoms with Crippen LogP contribution < -0.4 is 0 Å². The van der Waals surface area contributed by atoms with Gasteiger partial charge in [0.25, 0.3) is 0 Å². The SMILES string of the molecule is CC(C)(O)[C@@H]1OC[C@H]([C@@H]2CC[C@]3(C)C4=CC[C@H]5C(C)(C)[C@H](O)CC[C@]5(C)[C@@H]4CC[C@@]23C)C[C@H]1O. The summed E-state index contributed by atoms with van der Waals surface area (Å²) in [5, 5.41) is 32.1. The van der Waals surface area contributed by atoms with Gasteiger partial charge in [0.1, 0.15) is 6.10 Å². The molecule has 0 radical (unpaired) electrons. The smallest absolute Gasteiger partial charge is 0.111 e. The molecule has 4 nitrogen and oxygen atoms in total. The van der Waals surface area contributed by atoms with Crippen molar-refractivity contribution in [3.63, 3.8) is 0 Å². The Morgan fingerprint density at radius 3 is 2.32 bits per heavy atom. The van der Waals surface area contributed by atoms with Gasteiger partial charge >= 0.3 is 0 Å². The van der Waals surface area contributed by atoms with Crippen molar-refractivity contribution in [2.75, 3.05) is 6.61 Å². The topological polar surface area (TPSA) is 69.9 Å². The summed E-state index contributed by atoms with van der Waals surface area (Å²) in [6, 6.07) is 0. The summed E-state index contributed by atoms with van der Waals surface area (Å²) in [5.74, 6) is 2.08. The Hall–Kier alpha value is -0.420. The maximum Gasteiger partial charge on any atom is 0.111 e. The van der Waals surface area contributed by atoms with Crippen LogP contribution in [0.1, 0.15) is 99.8 Å². The second-order valence-electron chi connectivity index (χ2n) is 14.8. The van der Waals surface area contributed by atoms with Gasteiger partial charge in [0, 0.05) is 0 Å². The predicted molar refractivity (Wildman–Crippen MR) is 135 cm³/mol. The van der Waals surface area contributed by atoms with Gasteiger partial charge in [-0.2, -0.15) is 0 Å². The zero-order valence-corrected chi connectivity index (χ0v) is 22.7. The highest BCUT2D eigenvalue weighted by Crippen LogP contribution is 2.73. The quantitative estimate of drug-likeness (QED) is 0.463. The van der Waals surface area contributed by atoms with E-state index < -0.39 is 17.8 Å². The Balaban J connectivity index is 1.42. The van der Waals surface area contributed by atoms with Crippen molar-refractivity contribution < 1.29 is 20.1 Å². The molecule has 5 aliphatic rings. The van der Waals surface area contributed by atoms with Crippen LogP contribution in [0.4, 0.5) is 0 Å². The second kappa shape index (κ2) is 7.79. The Labute approximate surface area is 207 Å². The molecule has 0 aromatic rings. The van der Waals surface area contributed by atoms with Crippen LogP contribution in [-0.4, -0.2) is 45.8 Å². The molecule has 0 aromatic carbocycles. The van der Waals surface area contributed by atoms with E-state index in [2.05, 4.69) is 40.7 Å². The molecule has 3 N–H and O–H groups in total. The minimum atomic E-state index is -1.02. The first-order valence-corrected chi connectivity index (χ1v) is 14.1. The second-order valence-corrected chi connectivity index (χ2v) is 14.8. The molecule has 4 heteroatoms. The molecule has 1 aliphatic heterocycles. The van der Waals surface area contributed by atoms with E-state index >= 15 is 0 Å². The van der Waals surface area contributed by atoms with E-state index in [1.807, 2.05) is 0 Å². The molecule has 4 fully saturated rings. The summed E-state index contributed by atoms with van der Waals surface area (Å²) in [6.07, 6.45) is 10.2. The summed E-state index contributed by atoms with van der Waals surface area (Å²) in [7, 11) is 0. The van der Waals surface area contributed by atoms with Crippen LogP contribution in [0.5, 0.6) is 0 Å². The normalized spacial score (nSPS) is 52.9. The van der Waals surface area contributed by atoms with Crippen molar-refractivity contribution in [2.24, 2.45) is 45.3 Å². The number of allylic oxidation sites excluding steroid dienone is 2. The summed E-state index contributed by atoms with van der Waals surface area (Å²) in [5.41, 5.74) is 1.38. The van der Waals surface area contributed by atoms with Crippen LogP contribution >= 0.6 is 0 Å². The van der Waals surface area contributed by atoms with Gasteiger partial charge < -0.3 is 20.1 Å². The number of hydrogen-bond acceptors (Lipinski definition) is 4. The van der Waals surface area contributed by atoms with Gasteiger partial charge in [0.15, 0.2) is 0 Å². The van der Waals surface area contributed by atoms with Crippen LogP contribution in [-0.2, 0) is 4.74 Å². The fourth-order valence-corrected chi connectivity index (χ4v) is 10.3. The molecule has 3 saturated carbocycles. The van der Waals surface area contributed by atoms with Gasteiger partial charge in [-0.3, -0.25) is 0 Å². The molecule has 0 unspecified atom stereocenters. The van der Waals surface area contributed by atoms with E-state index in [1.165, 1.54) is 25.7 Å². The number of rotatable bonds is 2. The molecule has 0 amide bonds. The molecule has 194 valence electrons. The lowest BCUT2D eigenvalue weighted by molar-refractivity contribution is -0.188.